The smallest absolute Gasteiger partial charge is 0.0716 e. The predicted octanol–water partition coefficient (Wildman–Crippen LogP) is 2.02. The maximum atomic E-state index is 4.12. The minimum absolute atomic E-state index is 0.704. The molecule has 0 aliphatic rings. The molecule has 90 valence electrons. The van der Waals surface area contributed by atoms with Gasteiger partial charge in [0.15, 0.2) is 0 Å². The Kier molecular flexibility index (Phi) is 2.79. The predicted molar refractivity (Wildman–Crippen MR) is 69.3 cm³/mol. The summed E-state index contributed by atoms with van der Waals surface area (Å²) in [5.41, 5.74) is 6.43. The van der Waals surface area contributed by atoms with Crippen LogP contribution in [0.15, 0.2) is 55.2 Å². The van der Waals surface area contributed by atoms with Crippen LogP contribution in [0.1, 0.15) is 5.56 Å². The average Bonchev–Trinajstić information content (AvgIpc) is 3.09. The van der Waals surface area contributed by atoms with Crippen molar-refractivity contribution in [3.63, 3.8) is 0 Å². The lowest BCUT2D eigenvalue weighted by atomic mass is 10.1. The monoisotopic (exact) mass is 239 g/mol. The molecule has 0 aromatic carbocycles. The molecule has 0 fully saturated rings. The molecule has 5 nitrogen and oxygen atoms in total. The second-order valence-electron chi connectivity index (χ2n) is 3.94. The Morgan fingerprint density at radius 1 is 1.17 bits per heavy atom. The average molecular weight is 239 g/mol. The van der Waals surface area contributed by atoms with Crippen LogP contribution in [0.4, 0.5) is 0 Å². The lowest BCUT2D eigenvalue weighted by Gasteiger charge is -2.07. The van der Waals surface area contributed by atoms with E-state index in [1.807, 2.05) is 53.7 Å². The van der Waals surface area contributed by atoms with Crippen molar-refractivity contribution in [3.05, 3.63) is 60.8 Å². The normalized spacial score (nSPS) is 10.4. The molecule has 2 N–H and O–H groups in total. The number of H-pyrrole nitrogens is 1. The van der Waals surface area contributed by atoms with Crippen LogP contribution >= 0.6 is 0 Å². The minimum Gasteiger partial charge on any atom is -0.322 e. The molecule has 0 saturated heterocycles. The van der Waals surface area contributed by atoms with Crippen LogP contribution in [0.2, 0.25) is 0 Å². The molecule has 0 spiro atoms. The van der Waals surface area contributed by atoms with Crippen molar-refractivity contribution in [1.82, 2.24) is 19.9 Å². The second-order valence-corrected chi connectivity index (χ2v) is 3.94. The SMILES string of the molecule is c1cncc(-c2[nH]ncc2CNn2cccc2)c1. The Labute approximate surface area is 104 Å². The van der Waals surface area contributed by atoms with Crippen LogP contribution in [0.3, 0.4) is 0 Å². The first-order valence-electron chi connectivity index (χ1n) is 5.73. The van der Waals surface area contributed by atoms with E-state index >= 15 is 0 Å². The van der Waals surface area contributed by atoms with Crippen LogP contribution in [0, 0.1) is 0 Å². The van der Waals surface area contributed by atoms with Gasteiger partial charge in [-0.25, -0.2) is 0 Å². The molecule has 0 unspecified atom stereocenters. The highest BCUT2D eigenvalue weighted by Gasteiger charge is 2.07. The second kappa shape index (κ2) is 4.75. The molecule has 0 aliphatic carbocycles. The Morgan fingerprint density at radius 2 is 2.06 bits per heavy atom. The van der Waals surface area contributed by atoms with Gasteiger partial charge in [-0.1, -0.05) is 0 Å². The summed E-state index contributed by atoms with van der Waals surface area (Å²) < 4.78 is 1.92. The molecule has 0 aliphatic heterocycles. The number of hydrogen-bond acceptors (Lipinski definition) is 3. The standard InChI is InChI=1S/C13H13N5/c1-2-7-18(6-1)16-10-12-9-15-17-13(12)11-4-3-5-14-8-11/h1-9,16H,10H2,(H,15,17). The molecule has 0 saturated carbocycles. The van der Waals surface area contributed by atoms with Crippen LogP contribution in [0.25, 0.3) is 11.3 Å². The first kappa shape index (κ1) is 10.6. The summed E-state index contributed by atoms with van der Waals surface area (Å²) in [6.45, 7) is 0.704. The van der Waals surface area contributed by atoms with Crippen LogP contribution < -0.4 is 5.43 Å². The largest absolute Gasteiger partial charge is 0.322 e. The quantitative estimate of drug-likeness (QED) is 0.732. The summed E-state index contributed by atoms with van der Waals surface area (Å²) in [6, 6.07) is 7.88. The molecule has 5 heteroatoms. The lowest BCUT2D eigenvalue weighted by Crippen LogP contribution is -2.11. The van der Waals surface area contributed by atoms with Gasteiger partial charge in [0.2, 0.25) is 0 Å². The summed E-state index contributed by atoms with van der Waals surface area (Å²) >= 11 is 0. The van der Waals surface area contributed by atoms with Crippen molar-refractivity contribution in [2.45, 2.75) is 6.54 Å². The molecule has 3 heterocycles. The van der Waals surface area contributed by atoms with E-state index in [9.17, 15) is 0 Å². The molecule has 0 amide bonds. The van der Waals surface area contributed by atoms with Gasteiger partial charge in [-0.05, 0) is 24.3 Å². The number of pyridine rings is 1. The number of aromatic amines is 1. The van der Waals surface area contributed by atoms with Gasteiger partial charge in [-0.15, -0.1) is 0 Å². The van der Waals surface area contributed by atoms with E-state index < -0.39 is 0 Å². The van der Waals surface area contributed by atoms with Crippen molar-refractivity contribution in [2.24, 2.45) is 0 Å². The maximum absolute atomic E-state index is 4.12. The third-order valence-electron chi connectivity index (χ3n) is 2.72. The van der Waals surface area contributed by atoms with Crippen LogP contribution in [-0.4, -0.2) is 19.9 Å². The van der Waals surface area contributed by atoms with Crippen LogP contribution in [-0.2, 0) is 6.54 Å². The third-order valence-corrected chi connectivity index (χ3v) is 2.72. The molecule has 18 heavy (non-hydrogen) atoms. The van der Waals surface area contributed by atoms with E-state index in [4.69, 9.17) is 0 Å². The van der Waals surface area contributed by atoms with Gasteiger partial charge in [0.25, 0.3) is 0 Å². The summed E-state index contributed by atoms with van der Waals surface area (Å²) in [7, 11) is 0. The van der Waals surface area contributed by atoms with Crippen molar-refractivity contribution < 1.29 is 0 Å². The molecule has 3 rings (SSSR count). The van der Waals surface area contributed by atoms with Gasteiger partial charge in [-0.2, -0.15) is 5.10 Å². The van der Waals surface area contributed by atoms with E-state index in [2.05, 4.69) is 20.6 Å². The number of rotatable bonds is 4. The van der Waals surface area contributed by atoms with E-state index in [1.54, 1.807) is 6.20 Å². The van der Waals surface area contributed by atoms with Gasteiger partial charge < -0.3 is 5.43 Å². The zero-order valence-electron chi connectivity index (χ0n) is 9.74. The molecular formula is C13H13N5. The Hall–Kier alpha value is -2.56. The van der Waals surface area contributed by atoms with E-state index in [1.165, 1.54) is 0 Å². The van der Waals surface area contributed by atoms with E-state index in [0.29, 0.717) is 6.54 Å². The van der Waals surface area contributed by atoms with E-state index in [0.717, 1.165) is 16.8 Å². The van der Waals surface area contributed by atoms with Crippen molar-refractivity contribution in [2.75, 3.05) is 5.43 Å². The molecule has 0 atom stereocenters. The lowest BCUT2D eigenvalue weighted by molar-refractivity contribution is 0.848. The van der Waals surface area contributed by atoms with Gasteiger partial charge in [0.05, 0.1) is 18.4 Å². The summed E-state index contributed by atoms with van der Waals surface area (Å²) in [6.07, 6.45) is 9.34. The Morgan fingerprint density at radius 3 is 2.83 bits per heavy atom. The number of aromatic nitrogens is 4. The minimum atomic E-state index is 0.704. The van der Waals surface area contributed by atoms with Crippen molar-refractivity contribution >= 4 is 0 Å². The first-order valence-corrected chi connectivity index (χ1v) is 5.73. The highest BCUT2D eigenvalue weighted by atomic mass is 15.4. The topological polar surface area (TPSA) is 58.5 Å². The number of hydrogen-bond donors (Lipinski definition) is 2. The van der Waals surface area contributed by atoms with E-state index in [-0.39, 0.29) is 0 Å². The highest BCUT2D eigenvalue weighted by Crippen LogP contribution is 2.19. The summed E-state index contributed by atoms with van der Waals surface area (Å²) in [4.78, 5) is 4.12. The van der Waals surface area contributed by atoms with Gasteiger partial charge in [0.1, 0.15) is 0 Å². The molecule has 0 radical (unpaired) electrons. The third kappa shape index (κ3) is 2.10. The maximum Gasteiger partial charge on any atom is 0.0716 e. The zero-order chi connectivity index (χ0) is 12.2. The summed E-state index contributed by atoms with van der Waals surface area (Å²) in [5.74, 6) is 0. The van der Waals surface area contributed by atoms with Crippen molar-refractivity contribution in [3.8, 4) is 11.3 Å². The number of nitrogens with one attached hydrogen (secondary N) is 2. The van der Waals surface area contributed by atoms with Gasteiger partial charge >= 0.3 is 0 Å². The van der Waals surface area contributed by atoms with Crippen molar-refractivity contribution in [1.29, 1.82) is 0 Å². The first-order chi connectivity index (χ1) is 8.93. The number of nitrogens with zero attached hydrogens (tertiary/aromatic N) is 3. The molecule has 0 bridgehead atoms. The fraction of sp³-hybridized carbons (Fsp3) is 0.0769. The highest BCUT2D eigenvalue weighted by molar-refractivity contribution is 5.61. The summed E-state index contributed by atoms with van der Waals surface area (Å²) in [5, 5.41) is 7.11. The fourth-order valence-corrected chi connectivity index (χ4v) is 1.82. The van der Waals surface area contributed by atoms with Gasteiger partial charge in [-0.3, -0.25) is 14.8 Å². The van der Waals surface area contributed by atoms with Crippen LogP contribution in [0.5, 0.6) is 0 Å². The molecule has 3 aromatic heterocycles. The Bertz CT molecular complexity index is 597. The molecule has 3 aromatic rings. The zero-order valence-corrected chi connectivity index (χ0v) is 9.74. The fourth-order valence-electron chi connectivity index (χ4n) is 1.82. The Balaban J connectivity index is 1.80. The van der Waals surface area contributed by atoms with Gasteiger partial charge in [0, 0.05) is 35.9 Å². The molecular weight excluding hydrogens is 226 g/mol.